The summed E-state index contributed by atoms with van der Waals surface area (Å²) >= 11 is 0. The van der Waals surface area contributed by atoms with Crippen LogP contribution in [0.2, 0.25) is 0 Å². The van der Waals surface area contributed by atoms with Crippen LogP contribution in [-0.2, 0) is 4.79 Å². The van der Waals surface area contributed by atoms with Gasteiger partial charge in [-0.25, -0.2) is 0 Å². The monoisotopic (exact) mass is 287 g/mol. The van der Waals surface area contributed by atoms with Gasteiger partial charge in [0.1, 0.15) is 11.5 Å². The summed E-state index contributed by atoms with van der Waals surface area (Å²) in [6, 6.07) is 11.1. The molecule has 0 saturated carbocycles. The van der Waals surface area contributed by atoms with Gasteiger partial charge in [0, 0.05) is 18.0 Å². The van der Waals surface area contributed by atoms with Crippen molar-refractivity contribution >= 4 is 11.6 Å². The number of anilines is 1. The fourth-order valence-electron chi connectivity index (χ4n) is 2.25. The third-order valence-electron chi connectivity index (χ3n) is 3.49. The predicted molar refractivity (Wildman–Crippen MR) is 82.5 cm³/mol. The summed E-state index contributed by atoms with van der Waals surface area (Å²) in [5.74, 6) is 2.02. The molecule has 1 N–H and O–H groups in total. The number of benzene rings is 1. The molecule has 0 radical (unpaired) electrons. The first kappa shape index (κ1) is 15.2. The second kappa shape index (κ2) is 6.97. The second-order valence-electron chi connectivity index (χ2n) is 5.35. The molecule has 0 bridgehead atoms. The highest BCUT2D eigenvalue weighted by molar-refractivity contribution is 5.91. The van der Waals surface area contributed by atoms with Crippen molar-refractivity contribution in [3.63, 3.8) is 0 Å². The van der Waals surface area contributed by atoms with E-state index >= 15 is 0 Å². The minimum Gasteiger partial charge on any atom is -0.497 e. The van der Waals surface area contributed by atoms with Crippen LogP contribution in [0.4, 0.5) is 5.69 Å². The zero-order valence-electron chi connectivity index (χ0n) is 12.6. The predicted octanol–water partition coefficient (Wildman–Crippen LogP) is 4.06. The first-order valence-electron chi connectivity index (χ1n) is 7.07. The molecule has 21 heavy (non-hydrogen) atoms. The number of carbonyl (C=O) groups is 1. The summed E-state index contributed by atoms with van der Waals surface area (Å²) < 4.78 is 10.5. The van der Waals surface area contributed by atoms with Gasteiger partial charge in [0.15, 0.2) is 0 Å². The van der Waals surface area contributed by atoms with Crippen molar-refractivity contribution in [3.8, 4) is 5.75 Å². The molecule has 1 aromatic heterocycles. The number of carbonyl (C=O) groups excluding carboxylic acids is 1. The summed E-state index contributed by atoms with van der Waals surface area (Å²) in [4.78, 5) is 12.2. The molecule has 4 heteroatoms. The molecule has 112 valence electrons. The van der Waals surface area contributed by atoms with Crippen molar-refractivity contribution in [2.45, 2.75) is 26.2 Å². The number of hydrogen-bond donors (Lipinski definition) is 1. The van der Waals surface area contributed by atoms with Crippen LogP contribution >= 0.6 is 0 Å². The lowest BCUT2D eigenvalue weighted by Crippen LogP contribution is -2.18. The van der Waals surface area contributed by atoms with E-state index in [9.17, 15) is 4.79 Å². The maximum Gasteiger partial charge on any atom is 0.225 e. The van der Waals surface area contributed by atoms with Gasteiger partial charge in [0.2, 0.25) is 5.91 Å². The van der Waals surface area contributed by atoms with E-state index in [-0.39, 0.29) is 11.8 Å². The van der Waals surface area contributed by atoms with Crippen LogP contribution in [0.3, 0.4) is 0 Å². The molecule has 0 spiro atoms. The number of amides is 1. The van der Waals surface area contributed by atoms with Gasteiger partial charge in [0.05, 0.1) is 13.4 Å². The first-order valence-corrected chi connectivity index (χ1v) is 7.07. The second-order valence-corrected chi connectivity index (χ2v) is 5.35. The average molecular weight is 287 g/mol. The highest BCUT2D eigenvalue weighted by Gasteiger charge is 2.22. The van der Waals surface area contributed by atoms with Gasteiger partial charge in [-0.2, -0.15) is 0 Å². The highest BCUT2D eigenvalue weighted by atomic mass is 16.5. The Bertz CT molecular complexity index is 558. The van der Waals surface area contributed by atoms with Gasteiger partial charge in [-0.15, -0.1) is 0 Å². The van der Waals surface area contributed by atoms with E-state index in [1.54, 1.807) is 13.4 Å². The Morgan fingerprint density at radius 2 is 1.95 bits per heavy atom. The van der Waals surface area contributed by atoms with Crippen LogP contribution in [-0.4, -0.2) is 13.0 Å². The van der Waals surface area contributed by atoms with E-state index in [4.69, 9.17) is 9.15 Å². The Balaban J connectivity index is 1.99. The molecule has 2 rings (SSSR count). The van der Waals surface area contributed by atoms with Crippen LogP contribution in [0.25, 0.3) is 0 Å². The van der Waals surface area contributed by atoms with Crippen LogP contribution in [0.5, 0.6) is 5.75 Å². The van der Waals surface area contributed by atoms with Crippen molar-refractivity contribution in [1.29, 1.82) is 0 Å². The molecule has 1 heterocycles. The number of nitrogens with one attached hydrogen (secondary N) is 1. The Labute approximate surface area is 125 Å². The molecular formula is C17H21NO3. The van der Waals surface area contributed by atoms with E-state index in [1.165, 1.54) is 0 Å². The minimum atomic E-state index is -0.0183. The summed E-state index contributed by atoms with van der Waals surface area (Å²) in [5, 5.41) is 2.90. The maximum absolute atomic E-state index is 12.2. The Morgan fingerprint density at radius 3 is 2.48 bits per heavy atom. The molecule has 0 aliphatic heterocycles. The summed E-state index contributed by atoms with van der Waals surface area (Å²) in [5.41, 5.74) is 0.766. The molecule has 2 aromatic rings. The Morgan fingerprint density at radius 1 is 1.24 bits per heavy atom. The van der Waals surface area contributed by atoms with E-state index in [1.807, 2.05) is 36.4 Å². The van der Waals surface area contributed by atoms with Crippen LogP contribution in [0.1, 0.15) is 31.9 Å². The van der Waals surface area contributed by atoms with Gasteiger partial charge < -0.3 is 14.5 Å². The summed E-state index contributed by atoms with van der Waals surface area (Å²) in [7, 11) is 1.62. The third-order valence-corrected chi connectivity index (χ3v) is 3.49. The Kier molecular flexibility index (Phi) is 5.04. The molecular weight excluding hydrogens is 266 g/mol. The minimum absolute atomic E-state index is 0.0183. The van der Waals surface area contributed by atoms with E-state index < -0.39 is 0 Å². The smallest absolute Gasteiger partial charge is 0.225 e. The molecule has 1 aromatic carbocycles. The number of furan rings is 1. The number of rotatable bonds is 6. The maximum atomic E-state index is 12.2. The van der Waals surface area contributed by atoms with Gasteiger partial charge >= 0.3 is 0 Å². The van der Waals surface area contributed by atoms with Gasteiger partial charge in [-0.05, 0) is 42.3 Å². The fourth-order valence-corrected chi connectivity index (χ4v) is 2.25. The highest BCUT2D eigenvalue weighted by Crippen LogP contribution is 2.28. The fraction of sp³-hybridized carbons (Fsp3) is 0.353. The largest absolute Gasteiger partial charge is 0.497 e. The zero-order valence-corrected chi connectivity index (χ0v) is 12.6. The molecule has 0 saturated heterocycles. The zero-order chi connectivity index (χ0) is 15.2. The number of hydrogen-bond acceptors (Lipinski definition) is 3. The molecule has 0 fully saturated rings. The van der Waals surface area contributed by atoms with E-state index in [0.29, 0.717) is 12.3 Å². The SMILES string of the molecule is COc1ccc(NC(=O)C[C@@H](c2ccco2)C(C)C)cc1. The van der Waals surface area contributed by atoms with Crippen LogP contribution in [0, 0.1) is 5.92 Å². The van der Waals surface area contributed by atoms with E-state index in [2.05, 4.69) is 19.2 Å². The van der Waals surface area contributed by atoms with Crippen molar-refractivity contribution < 1.29 is 13.9 Å². The quantitative estimate of drug-likeness (QED) is 0.871. The van der Waals surface area contributed by atoms with Crippen molar-refractivity contribution in [2.24, 2.45) is 5.92 Å². The lowest BCUT2D eigenvalue weighted by atomic mass is 9.90. The average Bonchev–Trinajstić information content (AvgIpc) is 2.99. The first-order chi connectivity index (χ1) is 10.1. The number of ether oxygens (including phenoxy) is 1. The van der Waals surface area contributed by atoms with Gasteiger partial charge in [-0.1, -0.05) is 13.8 Å². The van der Waals surface area contributed by atoms with Crippen molar-refractivity contribution in [2.75, 3.05) is 12.4 Å². The Hall–Kier alpha value is -2.23. The topological polar surface area (TPSA) is 51.5 Å². The van der Waals surface area contributed by atoms with Crippen molar-refractivity contribution in [3.05, 3.63) is 48.4 Å². The van der Waals surface area contributed by atoms with Gasteiger partial charge in [0.25, 0.3) is 0 Å². The van der Waals surface area contributed by atoms with Crippen molar-refractivity contribution in [1.82, 2.24) is 0 Å². The standard InChI is InChI=1S/C17H21NO3/c1-12(2)15(16-5-4-10-21-16)11-17(19)18-13-6-8-14(20-3)9-7-13/h4-10,12,15H,11H2,1-3H3,(H,18,19)/t15-/m1/s1. The normalized spacial score (nSPS) is 12.2. The molecule has 0 unspecified atom stereocenters. The summed E-state index contributed by atoms with van der Waals surface area (Å²) in [6.45, 7) is 4.18. The van der Waals surface area contributed by atoms with Crippen LogP contribution in [0.15, 0.2) is 47.1 Å². The van der Waals surface area contributed by atoms with Crippen LogP contribution < -0.4 is 10.1 Å². The lowest BCUT2D eigenvalue weighted by molar-refractivity contribution is -0.116. The third kappa shape index (κ3) is 4.12. The summed E-state index contributed by atoms with van der Waals surface area (Å²) in [6.07, 6.45) is 2.04. The molecule has 0 aliphatic rings. The lowest BCUT2D eigenvalue weighted by Gasteiger charge is -2.18. The number of methoxy groups -OCH3 is 1. The molecule has 1 amide bonds. The van der Waals surface area contributed by atoms with E-state index in [0.717, 1.165) is 17.2 Å². The van der Waals surface area contributed by atoms with Gasteiger partial charge in [-0.3, -0.25) is 4.79 Å². The molecule has 4 nitrogen and oxygen atoms in total. The molecule has 0 aliphatic carbocycles. The molecule has 1 atom stereocenters.